The average molecular weight is 414 g/mol. The number of fused-ring (bicyclic) bond motifs is 2. The lowest BCUT2D eigenvalue weighted by Crippen LogP contribution is -2.20. The first-order valence-corrected chi connectivity index (χ1v) is 10.7. The summed E-state index contributed by atoms with van der Waals surface area (Å²) >= 11 is 1.72. The van der Waals surface area contributed by atoms with Gasteiger partial charge in [0.05, 0.1) is 21.6 Å². The first kappa shape index (κ1) is 17.5. The Labute approximate surface area is 176 Å². The first-order valence-electron chi connectivity index (χ1n) is 9.93. The number of rotatable bonds is 3. The molecule has 0 aromatic carbocycles. The standard InChI is InChI=1S/C22H19N7S/c1-12-2-5-17(30-12)20-18-15(8-11-24-20)26-22(27-18)21-19-16(28-29-21)4-3-14(25-19)13-6-9-23-10-7-13/h2-6,8,11,23H,7,9-10H2,1H3,(H,26,27)(H,28,29). The zero-order valence-corrected chi connectivity index (χ0v) is 17.2. The Hall–Kier alpha value is -3.36. The fourth-order valence-corrected chi connectivity index (χ4v) is 4.75. The molecule has 0 radical (unpaired) electrons. The van der Waals surface area contributed by atoms with Crippen LogP contribution in [-0.2, 0) is 0 Å². The fourth-order valence-electron chi connectivity index (χ4n) is 3.89. The summed E-state index contributed by atoms with van der Waals surface area (Å²) in [4.78, 5) is 20.2. The molecule has 0 aliphatic carbocycles. The number of imidazole rings is 1. The van der Waals surface area contributed by atoms with Crippen LogP contribution in [-0.4, -0.2) is 43.2 Å². The van der Waals surface area contributed by atoms with Crippen LogP contribution in [0.5, 0.6) is 0 Å². The van der Waals surface area contributed by atoms with E-state index in [-0.39, 0.29) is 0 Å². The van der Waals surface area contributed by atoms with Gasteiger partial charge in [0.25, 0.3) is 0 Å². The van der Waals surface area contributed by atoms with Crippen LogP contribution in [0, 0.1) is 6.92 Å². The topological polar surface area (TPSA) is 95.2 Å². The van der Waals surface area contributed by atoms with Gasteiger partial charge in [-0.15, -0.1) is 11.3 Å². The van der Waals surface area contributed by atoms with Gasteiger partial charge in [-0.05, 0) is 55.8 Å². The summed E-state index contributed by atoms with van der Waals surface area (Å²) in [6.07, 6.45) is 5.00. The van der Waals surface area contributed by atoms with Gasteiger partial charge in [-0.1, -0.05) is 6.08 Å². The third-order valence-corrected chi connectivity index (χ3v) is 6.41. The van der Waals surface area contributed by atoms with Crippen LogP contribution < -0.4 is 5.32 Å². The number of aromatic amines is 2. The number of thiophene rings is 1. The molecule has 3 N–H and O–H groups in total. The van der Waals surface area contributed by atoms with E-state index in [0.717, 1.165) is 63.5 Å². The predicted octanol–water partition coefficient (Wildman–Crippen LogP) is 4.31. The highest BCUT2D eigenvalue weighted by Crippen LogP contribution is 2.33. The van der Waals surface area contributed by atoms with Crippen molar-refractivity contribution in [1.82, 2.24) is 35.5 Å². The van der Waals surface area contributed by atoms with Gasteiger partial charge in [0.2, 0.25) is 0 Å². The summed E-state index contributed by atoms with van der Waals surface area (Å²) < 4.78 is 0. The molecule has 0 saturated heterocycles. The largest absolute Gasteiger partial charge is 0.336 e. The van der Waals surface area contributed by atoms with Gasteiger partial charge < -0.3 is 10.3 Å². The Morgan fingerprint density at radius 3 is 2.73 bits per heavy atom. The maximum atomic E-state index is 4.93. The van der Waals surface area contributed by atoms with Crippen LogP contribution in [0.15, 0.2) is 42.6 Å². The molecule has 5 aromatic rings. The lowest BCUT2D eigenvalue weighted by atomic mass is 10.1. The Morgan fingerprint density at radius 2 is 1.90 bits per heavy atom. The Balaban J connectivity index is 1.49. The highest BCUT2D eigenvalue weighted by Gasteiger charge is 2.18. The molecule has 7 nitrogen and oxygen atoms in total. The second-order valence-corrected chi connectivity index (χ2v) is 8.69. The van der Waals surface area contributed by atoms with Crippen LogP contribution >= 0.6 is 11.3 Å². The molecule has 0 atom stereocenters. The molecule has 0 unspecified atom stereocenters. The van der Waals surface area contributed by atoms with Crippen LogP contribution in [0.2, 0.25) is 0 Å². The van der Waals surface area contributed by atoms with E-state index in [2.05, 4.69) is 56.7 Å². The summed E-state index contributed by atoms with van der Waals surface area (Å²) in [5, 5.41) is 11.0. The van der Waals surface area contributed by atoms with E-state index in [1.54, 1.807) is 11.3 Å². The molecular weight excluding hydrogens is 394 g/mol. The van der Waals surface area contributed by atoms with Crippen molar-refractivity contribution in [2.45, 2.75) is 13.3 Å². The number of aryl methyl sites for hydroxylation is 1. The zero-order valence-electron chi connectivity index (χ0n) is 16.4. The minimum atomic E-state index is 0.697. The van der Waals surface area contributed by atoms with E-state index >= 15 is 0 Å². The van der Waals surface area contributed by atoms with E-state index in [0.29, 0.717) is 5.82 Å². The lowest BCUT2D eigenvalue weighted by molar-refractivity contribution is 0.737. The van der Waals surface area contributed by atoms with E-state index in [1.165, 1.54) is 10.5 Å². The summed E-state index contributed by atoms with van der Waals surface area (Å²) in [7, 11) is 0. The number of nitrogens with one attached hydrogen (secondary N) is 3. The van der Waals surface area contributed by atoms with E-state index in [9.17, 15) is 0 Å². The number of H-pyrrole nitrogens is 2. The van der Waals surface area contributed by atoms with Crippen molar-refractivity contribution in [2.24, 2.45) is 0 Å². The molecule has 6 heterocycles. The van der Waals surface area contributed by atoms with Crippen LogP contribution in [0.3, 0.4) is 0 Å². The number of aromatic nitrogens is 6. The van der Waals surface area contributed by atoms with Gasteiger partial charge in [0.1, 0.15) is 16.7 Å². The molecule has 5 aromatic heterocycles. The van der Waals surface area contributed by atoms with Crippen molar-refractivity contribution in [1.29, 1.82) is 0 Å². The first-order chi connectivity index (χ1) is 14.8. The number of nitrogens with zero attached hydrogens (tertiary/aromatic N) is 4. The molecule has 0 bridgehead atoms. The van der Waals surface area contributed by atoms with E-state index in [1.807, 2.05) is 18.3 Å². The molecule has 1 aliphatic heterocycles. The van der Waals surface area contributed by atoms with Gasteiger partial charge in [-0.2, -0.15) is 5.10 Å². The summed E-state index contributed by atoms with van der Waals surface area (Å²) in [6, 6.07) is 10.3. The van der Waals surface area contributed by atoms with E-state index < -0.39 is 0 Å². The highest BCUT2D eigenvalue weighted by molar-refractivity contribution is 7.15. The molecule has 148 valence electrons. The molecule has 0 spiro atoms. The van der Waals surface area contributed by atoms with Gasteiger partial charge in [0, 0.05) is 17.6 Å². The average Bonchev–Trinajstić information content (AvgIpc) is 3.51. The molecule has 6 rings (SSSR count). The number of pyridine rings is 2. The van der Waals surface area contributed by atoms with Crippen LogP contribution in [0.1, 0.15) is 17.0 Å². The fraction of sp³-hybridized carbons (Fsp3) is 0.182. The SMILES string of the molecule is Cc1ccc(-c2nccc3[nH]c(-c4n[nH]c5ccc(C6=CCNCC6)nc45)nc23)s1. The quantitative estimate of drug-likeness (QED) is 0.410. The van der Waals surface area contributed by atoms with Crippen molar-refractivity contribution in [3.8, 4) is 22.1 Å². The van der Waals surface area contributed by atoms with Crippen molar-refractivity contribution < 1.29 is 0 Å². The summed E-state index contributed by atoms with van der Waals surface area (Å²) in [6.45, 7) is 3.96. The van der Waals surface area contributed by atoms with E-state index in [4.69, 9.17) is 9.97 Å². The maximum absolute atomic E-state index is 4.93. The second-order valence-electron chi connectivity index (χ2n) is 7.40. The lowest BCUT2D eigenvalue weighted by Gasteiger charge is -2.13. The van der Waals surface area contributed by atoms with Gasteiger partial charge in [-0.25, -0.2) is 9.97 Å². The third kappa shape index (κ3) is 2.84. The van der Waals surface area contributed by atoms with Crippen molar-refractivity contribution >= 4 is 39.0 Å². The number of hydrogen-bond acceptors (Lipinski definition) is 6. The monoisotopic (exact) mass is 413 g/mol. The van der Waals surface area contributed by atoms with Crippen molar-refractivity contribution in [3.05, 3.63) is 53.2 Å². The molecule has 0 fully saturated rings. The Morgan fingerprint density at radius 1 is 0.967 bits per heavy atom. The van der Waals surface area contributed by atoms with Crippen molar-refractivity contribution in [3.63, 3.8) is 0 Å². The molecule has 8 heteroatoms. The van der Waals surface area contributed by atoms with Gasteiger partial charge >= 0.3 is 0 Å². The summed E-state index contributed by atoms with van der Waals surface area (Å²) in [5.74, 6) is 0.697. The Kier molecular flexibility index (Phi) is 4.00. The smallest absolute Gasteiger partial charge is 0.161 e. The third-order valence-electron chi connectivity index (χ3n) is 5.40. The molecule has 0 amide bonds. The highest BCUT2D eigenvalue weighted by atomic mass is 32.1. The molecule has 1 aliphatic rings. The Bertz CT molecular complexity index is 1420. The number of hydrogen-bond donors (Lipinski definition) is 3. The molecule has 30 heavy (non-hydrogen) atoms. The molecular formula is C22H19N7S. The molecule has 0 saturated carbocycles. The maximum Gasteiger partial charge on any atom is 0.161 e. The minimum absolute atomic E-state index is 0.697. The minimum Gasteiger partial charge on any atom is -0.336 e. The van der Waals surface area contributed by atoms with Gasteiger partial charge in [0.15, 0.2) is 11.5 Å². The van der Waals surface area contributed by atoms with Crippen LogP contribution in [0.25, 0.3) is 49.7 Å². The van der Waals surface area contributed by atoms with Crippen LogP contribution in [0.4, 0.5) is 0 Å². The zero-order chi connectivity index (χ0) is 20.1. The predicted molar refractivity (Wildman–Crippen MR) is 120 cm³/mol. The van der Waals surface area contributed by atoms with Crippen molar-refractivity contribution in [2.75, 3.05) is 13.1 Å². The van der Waals surface area contributed by atoms with Gasteiger partial charge in [-0.3, -0.25) is 10.1 Å². The summed E-state index contributed by atoms with van der Waals surface area (Å²) in [5.41, 5.74) is 7.40. The second kappa shape index (κ2) is 6.86. The normalized spacial score (nSPS) is 14.5.